The first-order chi connectivity index (χ1) is 10.6. The molecule has 3 aliphatic rings. The van der Waals surface area contributed by atoms with E-state index in [-0.39, 0.29) is 11.3 Å². The molecule has 2 fully saturated rings. The Labute approximate surface area is 125 Å². The molecule has 4 rings (SSSR count). The summed E-state index contributed by atoms with van der Waals surface area (Å²) in [5, 5.41) is 10.2. The lowest BCUT2D eigenvalue weighted by molar-refractivity contribution is -0.145. The van der Waals surface area contributed by atoms with Crippen molar-refractivity contribution in [1.82, 2.24) is 10.4 Å². The van der Waals surface area contributed by atoms with Gasteiger partial charge in [0.25, 0.3) is 17.7 Å². The minimum absolute atomic E-state index is 0.0701. The summed E-state index contributed by atoms with van der Waals surface area (Å²) in [6, 6.07) is 5.67. The van der Waals surface area contributed by atoms with Gasteiger partial charge in [-0.05, 0) is 18.2 Å². The number of ether oxygens (including phenoxy) is 1. The van der Waals surface area contributed by atoms with Crippen LogP contribution in [0.25, 0.3) is 0 Å². The van der Waals surface area contributed by atoms with Crippen LogP contribution in [-0.2, 0) is 14.3 Å². The number of aromatic hydroxyl groups is 1. The quantitative estimate of drug-likeness (QED) is 0.591. The summed E-state index contributed by atoms with van der Waals surface area (Å²) in [6.07, 6.45) is 2.76. The van der Waals surface area contributed by atoms with E-state index in [0.29, 0.717) is 0 Å². The number of phenols is 1. The molecule has 0 aromatic heterocycles. The van der Waals surface area contributed by atoms with Crippen LogP contribution in [0.5, 0.6) is 5.75 Å². The van der Waals surface area contributed by atoms with E-state index in [2.05, 4.69) is 5.43 Å². The van der Waals surface area contributed by atoms with Gasteiger partial charge < -0.3 is 9.84 Å². The van der Waals surface area contributed by atoms with Crippen LogP contribution in [0.4, 0.5) is 0 Å². The molecule has 4 atom stereocenters. The normalized spacial score (nSPS) is 31.7. The first kappa shape index (κ1) is 13.0. The first-order valence-electron chi connectivity index (χ1n) is 6.88. The molecule has 2 N–H and O–H groups in total. The molecule has 3 aliphatic heterocycles. The summed E-state index contributed by atoms with van der Waals surface area (Å²) in [4.78, 5) is 36.8. The fourth-order valence-electron chi connectivity index (χ4n) is 3.23. The molecule has 0 spiro atoms. The van der Waals surface area contributed by atoms with Crippen LogP contribution >= 0.6 is 0 Å². The van der Waals surface area contributed by atoms with Gasteiger partial charge in [-0.25, -0.2) is 0 Å². The van der Waals surface area contributed by atoms with E-state index in [1.165, 1.54) is 24.3 Å². The van der Waals surface area contributed by atoms with Crippen molar-refractivity contribution < 1.29 is 24.2 Å². The molecule has 7 heteroatoms. The van der Waals surface area contributed by atoms with Crippen LogP contribution in [0.1, 0.15) is 10.4 Å². The monoisotopic (exact) mass is 300 g/mol. The Bertz CT molecular complexity index is 698. The summed E-state index contributed by atoms with van der Waals surface area (Å²) in [7, 11) is 0. The number of nitrogens with one attached hydrogen (secondary N) is 1. The van der Waals surface area contributed by atoms with Gasteiger partial charge in [-0.2, -0.15) is 5.01 Å². The van der Waals surface area contributed by atoms with Crippen LogP contribution in [0.15, 0.2) is 36.4 Å². The summed E-state index contributed by atoms with van der Waals surface area (Å²) in [5.41, 5.74) is 2.48. The van der Waals surface area contributed by atoms with Crippen LogP contribution in [-0.4, -0.2) is 40.0 Å². The second-order valence-corrected chi connectivity index (χ2v) is 5.50. The van der Waals surface area contributed by atoms with Gasteiger partial charge in [0.2, 0.25) is 0 Å². The van der Waals surface area contributed by atoms with E-state index in [9.17, 15) is 19.5 Å². The Hall–Kier alpha value is -2.67. The van der Waals surface area contributed by atoms with E-state index < -0.39 is 41.8 Å². The number of benzene rings is 1. The molecule has 112 valence electrons. The number of phenolic OH excluding ortho intramolecular Hbond substituents is 1. The highest BCUT2D eigenvalue weighted by Gasteiger charge is 2.61. The number of hydrogen-bond acceptors (Lipinski definition) is 5. The number of hydrazine groups is 1. The van der Waals surface area contributed by atoms with Crippen LogP contribution in [0.2, 0.25) is 0 Å². The molecule has 0 radical (unpaired) electrons. The number of rotatable bonds is 2. The van der Waals surface area contributed by atoms with E-state index in [0.717, 1.165) is 5.01 Å². The highest BCUT2D eigenvalue weighted by Crippen LogP contribution is 2.44. The smallest absolute Gasteiger partial charge is 0.270 e. The third-order valence-corrected chi connectivity index (χ3v) is 4.23. The average molecular weight is 300 g/mol. The maximum absolute atomic E-state index is 12.3. The van der Waals surface area contributed by atoms with Crippen molar-refractivity contribution in [3.63, 3.8) is 0 Å². The Morgan fingerprint density at radius 1 is 1.14 bits per heavy atom. The lowest BCUT2D eigenvalue weighted by Gasteiger charge is -2.18. The Morgan fingerprint density at radius 2 is 1.77 bits per heavy atom. The predicted octanol–water partition coefficient (Wildman–Crippen LogP) is -0.0246. The summed E-state index contributed by atoms with van der Waals surface area (Å²) in [5.74, 6) is -2.74. The van der Waals surface area contributed by atoms with Gasteiger partial charge in [-0.3, -0.25) is 19.8 Å². The third kappa shape index (κ3) is 1.69. The molecule has 2 saturated heterocycles. The standard InChI is InChI=1S/C15H12N2O5/c18-8-3-1-2-7(6-8)13(19)16-17-14(20)11-9-4-5-10(22-9)12(11)15(17)21/h1-6,9-12,18H,(H,16,19)/t9-,10-,11-,12+/m1/s1. The predicted molar refractivity (Wildman–Crippen MR) is 72.2 cm³/mol. The van der Waals surface area contributed by atoms with Gasteiger partial charge in [-0.1, -0.05) is 18.2 Å². The van der Waals surface area contributed by atoms with Crippen molar-refractivity contribution >= 4 is 17.7 Å². The Morgan fingerprint density at radius 3 is 2.36 bits per heavy atom. The first-order valence-corrected chi connectivity index (χ1v) is 6.88. The zero-order chi connectivity index (χ0) is 15.4. The maximum atomic E-state index is 12.3. The molecule has 0 aliphatic carbocycles. The molecular weight excluding hydrogens is 288 g/mol. The number of hydrogen-bond donors (Lipinski definition) is 2. The maximum Gasteiger partial charge on any atom is 0.270 e. The lowest BCUT2D eigenvalue weighted by Crippen LogP contribution is -2.47. The van der Waals surface area contributed by atoms with Crippen molar-refractivity contribution in [2.75, 3.05) is 0 Å². The van der Waals surface area contributed by atoms with Crippen LogP contribution < -0.4 is 5.43 Å². The second-order valence-electron chi connectivity index (χ2n) is 5.50. The van der Waals surface area contributed by atoms with E-state index in [1.807, 2.05) is 0 Å². The Kier molecular flexibility index (Phi) is 2.61. The minimum Gasteiger partial charge on any atom is -0.508 e. The molecule has 3 amide bonds. The lowest BCUT2D eigenvalue weighted by atomic mass is 9.85. The number of carbonyl (C=O) groups excluding carboxylic acids is 3. The van der Waals surface area contributed by atoms with E-state index >= 15 is 0 Å². The molecule has 1 aromatic carbocycles. The SMILES string of the molecule is O=C(NN1C(=O)[C@@H]2[C@H](C1=O)[C@H]1C=C[C@H]2O1)c1cccc(O)c1. The summed E-state index contributed by atoms with van der Waals surface area (Å²) >= 11 is 0. The molecule has 3 heterocycles. The van der Waals surface area contributed by atoms with Gasteiger partial charge in [-0.15, -0.1) is 0 Å². The third-order valence-electron chi connectivity index (χ3n) is 4.23. The summed E-state index contributed by atoms with van der Waals surface area (Å²) in [6.45, 7) is 0. The van der Waals surface area contributed by atoms with Crippen molar-refractivity contribution in [3.05, 3.63) is 42.0 Å². The molecule has 0 saturated carbocycles. The topological polar surface area (TPSA) is 95.9 Å². The zero-order valence-electron chi connectivity index (χ0n) is 11.3. The highest BCUT2D eigenvalue weighted by molar-refractivity contribution is 6.09. The van der Waals surface area contributed by atoms with Gasteiger partial charge >= 0.3 is 0 Å². The van der Waals surface area contributed by atoms with Crippen molar-refractivity contribution in [2.45, 2.75) is 12.2 Å². The number of fused-ring (bicyclic) bond motifs is 5. The molecular formula is C15H12N2O5. The van der Waals surface area contributed by atoms with E-state index in [4.69, 9.17) is 4.74 Å². The number of imide groups is 1. The average Bonchev–Trinajstić information content (AvgIpc) is 3.17. The van der Waals surface area contributed by atoms with Gasteiger partial charge in [0.15, 0.2) is 0 Å². The van der Waals surface area contributed by atoms with E-state index in [1.54, 1.807) is 12.2 Å². The fraction of sp³-hybridized carbons (Fsp3) is 0.267. The van der Waals surface area contributed by atoms with Crippen LogP contribution in [0, 0.1) is 11.8 Å². The number of amides is 3. The Balaban J connectivity index is 1.56. The molecule has 0 unspecified atom stereocenters. The largest absolute Gasteiger partial charge is 0.508 e. The molecule has 22 heavy (non-hydrogen) atoms. The fourth-order valence-corrected chi connectivity index (χ4v) is 3.23. The van der Waals surface area contributed by atoms with Gasteiger partial charge in [0.05, 0.1) is 24.0 Å². The molecule has 2 bridgehead atoms. The van der Waals surface area contributed by atoms with Crippen molar-refractivity contribution in [2.24, 2.45) is 11.8 Å². The van der Waals surface area contributed by atoms with Gasteiger partial charge in [0.1, 0.15) is 5.75 Å². The molecule has 7 nitrogen and oxygen atoms in total. The van der Waals surface area contributed by atoms with Crippen molar-refractivity contribution in [3.8, 4) is 5.75 Å². The second kappa shape index (κ2) is 4.41. The zero-order valence-corrected chi connectivity index (χ0v) is 11.3. The highest BCUT2D eigenvalue weighted by atomic mass is 16.5. The van der Waals surface area contributed by atoms with Crippen molar-refractivity contribution in [1.29, 1.82) is 0 Å². The minimum atomic E-state index is -0.626. The molecule has 1 aromatic rings. The summed E-state index contributed by atoms with van der Waals surface area (Å²) < 4.78 is 5.51. The number of nitrogens with zero attached hydrogens (tertiary/aromatic N) is 1. The van der Waals surface area contributed by atoms with Crippen LogP contribution in [0.3, 0.4) is 0 Å². The number of carbonyl (C=O) groups is 3. The van der Waals surface area contributed by atoms with Gasteiger partial charge in [0, 0.05) is 5.56 Å².